The smallest absolute Gasteiger partial charge is 0.281 e. The average Bonchev–Trinajstić information content (AvgIpc) is 3.19. The van der Waals surface area contributed by atoms with Gasteiger partial charge in [-0.15, -0.1) is 0 Å². The molecule has 0 bridgehead atoms. The molecule has 1 aliphatic heterocycles. The maximum Gasteiger partial charge on any atom is 0.281 e. The molecule has 2 heterocycles. The number of nitro groups is 1. The molecule has 0 spiro atoms. The molecule has 174 valence electrons. The standard InChI is InChI=1S/C14H18N2O2.C10H9FN2O2/c1-10-4-6-11(7-5-10)8-12-14(18)15(2)9-13(17)16(12)3;1-2-6-5-12-8-3-7(11)4-9(10(6)8)13(14)15/h4-7,12H,8-9H2,1-3H3;3-5,12H,2H2,1H3. The van der Waals surface area contributed by atoms with Crippen molar-refractivity contribution in [3.63, 3.8) is 0 Å². The van der Waals surface area contributed by atoms with Crippen LogP contribution in [0.1, 0.15) is 23.6 Å². The lowest BCUT2D eigenvalue weighted by Crippen LogP contribution is -2.57. The first kappa shape index (κ1) is 23.9. The van der Waals surface area contributed by atoms with Gasteiger partial charge in [0.1, 0.15) is 11.9 Å². The highest BCUT2D eigenvalue weighted by atomic mass is 19.1. The van der Waals surface area contributed by atoms with Crippen LogP contribution in [0.3, 0.4) is 0 Å². The Morgan fingerprint density at radius 1 is 1.18 bits per heavy atom. The molecule has 0 saturated carbocycles. The average molecular weight is 455 g/mol. The number of nitro benzene ring substituents is 1. The second kappa shape index (κ2) is 9.81. The molecule has 1 fully saturated rings. The molecule has 0 aliphatic carbocycles. The van der Waals surface area contributed by atoms with Crippen LogP contribution in [0.5, 0.6) is 0 Å². The molecule has 1 unspecified atom stereocenters. The second-order valence-corrected chi connectivity index (χ2v) is 8.18. The van der Waals surface area contributed by atoms with E-state index in [-0.39, 0.29) is 30.1 Å². The summed E-state index contributed by atoms with van der Waals surface area (Å²) in [5.74, 6) is -0.592. The number of halogens is 1. The molecule has 4 rings (SSSR count). The van der Waals surface area contributed by atoms with Crippen LogP contribution in [-0.2, 0) is 22.4 Å². The molecular weight excluding hydrogens is 427 g/mol. The van der Waals surface area contributed by atoms with Crippen LogP contribution in [0, 0.1) is 22.9 Å². The lowest BCUT2D eigenvalue weighted by atomic mass is 10.0. The Morgan fingerprint density at radius 3 is 2.45 bits per heavy atom. The largest absolute Gasteiger partial charge is 0.361 e. The fourth-order valence-corrected chi connectivity index (χ4v) is 3.86. The van der Waals surface area contributed by atoms with Crippen LogP contribution in [0.2, 0.25) is 0 Å². The van der Waals surface area contributed by atoms with Gasteiger partial charge in [0, 0.05) is 26.7 Å². The van der Waals surface area contributed by atoms with Crippen molar-refractivity contribution in [1.82, 2.24) is 14.8 Å². The van der Waals surface area contributed by atoms with E-state index in [1.54, 1.807) is 25.2 Å². The zero-order valence-electron chi connectivity index (χ0n) is 19.1. The SMILES string of the molecule is CCc1c[nH]c2cc(F)cc([N+](=O)[O-])c12.Cc1ccc(CC2C(=O)N(C)CC(=O)N2C)cc1. The van der Waals surface area contributed by atoms with Gasteiger partial charge in [0.15, 0.2) is 0 Å². The van der Waals surface area contributed by atoms with Gasteiger partial charge in [-0.25, -0.2) is 4.39 Å². The molecule has 2 aromatic carbocycles. The zero-order chi connectivity index (χ0) is 24.3. The molecule has 3 aromatic rings. The van der Waals surface area contributed by atoms with Crippen molar-refractivity contribution in [1.29, 1.82) is 0 Å². The second-order valence-electron chi connectivity index (χ2n) is 8.18. The van der Waals surface area contributed by atoms with Crippen molar-refractivity contribution in [2.75, 3.05) is 20.6 Å². The molecular formula is C24H27FN4O4. The monoisotopic (exact) mass is 454 g/mol. The number of fused-ring (bicyclic) bond motifs is 1. The summed E-state index contributed by atoms with van der Waals surface area (Å²) in [6, 6.07) is 9.91. The number of hydrogen-bond acceptors (Lipinski definition) is 4. The van der Waals surface area contributed by atoms with Gasteiger partial charge in [-0.1, -0.05) is 36.8 Å². The highest BCUT2D eigenvalue weighted by Crippen LogP contribution is 2.30. The summed E-state index contributed by atoms with van der Waals surface area (Å²) < 4.78 is 13.0. The predicted molar refractivity (Wildman–Crippen MR) is 123 cm³/mol. The first-order valence-electron chi connectivity index (χ1n) is 10.6. The number of benzene rings is 2. The maximum atomic E-state index is 13.0. The number of nitrogens with one attached hydrogen (secondary N) is 1. The number of amides is 2. The summed E-state index contributed by atoms with van der Waals surface area (Å²) in [4.78, 5) is 39.9. The van der Waals surface area contributed by atoms with Gasteiger partial charge < -0.3 is 14.8 Å². The molecule has 1 N–H and O–H groups in total. The number of aryl methyl sites for hydroxylation is 2. The van der Waals surface area contributed by atoms with E-state index in [1.807, 2.05) is 38.1 Å². The number of carbonyl (C=O) groups is 2. The van der Waals surface area contributed by atoms with Gasteiger partial charge in [-0.05, 0) is 30.5 Å². The van der Waals surface area contributed by atoms with E-state index in [1.165, 1.54) is 16.5 Å². The molecule has 1 aromatic heterocycles. The van der Waals surface area contributed by atoms with Crippen molar-refractivity contribution in [3.8, 4) is 0 Å². The molecule has 2 amide bonds. The number of aromatic nitrogens is 1. The summed E-state index contributed by atoms with van der Waals surface area (Å²) in [6.45, 7) is 4.11. The minimum Gasteiger partial charge on any atom is -0.361 e. The molecule has 1 aliphatic rings. The Labute approximate surface area is 191 Å². The molecule has 0 radical (unpaired) electrons. The first-order valence-corrected chi connectivity index (χ1v) is 10.6. The third kappa shape index (κ3) is 5.19. The number of aromatic amines is 1. The van der Waals surface area contributed by atoms with Crippen LogP contribution >= 0.6 is 0 Å². The number of rotatable bonds is 4. The Hall–Kier alpha value is -3.75. The fraction of sp³-hybridized carbons (Fsp3) is 0.333. The van der Waals surface area contributed by atoms with Gasteiger partial charge in [-0.2, -0.15) is 0 Å². The summed E-state index contributed by atoms with van der Waals surface area (Å²) in [5.41, 5.74) is 3.39. The van der Waals surface area contributed by atoms with E-state index in [0.29, 0.717) is 23.7 Å². The Bertz CT molecular complexity index is 1190. The molecule has 8 nitrogen and oxygen atoms in total. The topological polar surface area (TPSA) is 99.5 Å². The van der Waals surface area contributed by atoms with Crippen LogP contribution in [0.4, 0.5) is 10.1 Å². The summed E-state index contributed by atoms with van der Waals surface area (Å²) in [6.07, 6.45) is 2.93. The van der Waals surface area contributed by atoms with E-state index in [2.05, 4.69) is 4.98 Å². The van der Waals surface area contributed by atoms with Crippen molar-refractivity contribution in [2.24, 2.45) is 0 Å². The Kier molecular flexibility index (Phi) is 7.10. The summed E-state index contributed by atoms with van der Waals surface area (Å²) in [5, 5.41) is 11.3. The molecule has 1 atom stereocenters. The summed E-state index contributed by atoms with van der Waals surface area (Å²) in [7, 11) is 3.38. The normalized spacial score (nSPS) is 16.1. The lowest BCUT2D eigenvalue weighted by Gasteiger charge is -2.36. The number of hydrogen-bond donors (Lipinski definition) is 1. The summed E-state index contributed by atoms with van der Waals surface area (Å²) >= 11 is 0. The Morgan fingerprint density at radius 2 is 1.85 bits per heavy atom. The van der Waals surface area contributed by atoms with Gasteiger partial charge in [0.25, 0.3) is 5.69 Å². The maximum absolute atomic E-state index is 13.0. The van der Waals surface area contributed by atoms with Crippen LogP contribution in [0.25, 0.3) is 10.9 Å². The minimum atomic E-state index is -0.598. The quantitative estimate of drug-likeness (QED) is 0.481. The van der Waals surface area contributed by atoms with Crippen molar-refractivity contribution in [2.45, 2.75) is 32.7 Å². The fourth-order valence-electron chi connectivity index (χ4n) is 3.86. The van der Waals surface area contributed by atoms with Gasteiger partial charge >= 0.3 is 0 Å². The van der Waals surface area contributed by atoms with E-state index in [9.17, 15) is 24.1 Å². The number of carbonyl (C=O) groups excluding carboxylic acids is 2. The van der Waals surface area contributed by atoms with Crippen molar-refractivity contribution >= 4 is 28.4 Å². The highest BCUT2D eigenvalue weighted by Gasteiger charge is 2.35. The number of nitrogens with zero attached hydrogens (tertiary/aromatic N) is 3. The molecule has 1 saturated heterocycles. The number of H-pyrrole nitrogens is 1. The van der Waals surface area contributed by atoms with Crippen LogP contribution < -0.4 is 0 Å². The number of non-ortho nitro benzene ring substituents is 1. The third-order valence-electron chi connectivity index (χ3n) is 5.83. The Balaban J connectivity index is 0.000000189. The van der Waals surface area contributed by atoms with Crippen molar-refractivity contribution < 1.29 is 18.9 Å². The van der Waals surface area contributed by atoms with Gasteiger partial charge in [0.05, 0.1) is 28.4 Å². The lowest BCUT2D eigenvalue weighted by molar-refractivity contribution is -0.383. The number of piperazine rings is 1. The highest BCUT2D eigenvalue weighted by molar-refractivity contribution is 5.94. The third-order valence-corrected chi connectivity index (χ3v) is 5.83. The molecule has 9 heteroatoms. The van der Waals surface area contributed by atoms with E-state index in [4.69, 9.17) is 0 Å². The van der Waals surface area contributed by atoms with E-state index >= 15 is 0 Å². The first-order chi connectivity index (χ1) is 15.6. The van der Waals surface area contributed by atoms with Gasteiger partial charge in [0.2, 0.25) is 11.8 Å². The minimum absolute atomic E-state index is 0.00536. The van der Waals surface area contributed by atoms with Crippen LogP contribution in [-0.4, -0.2) is 58.2 Å². The zero-order valence-corrected chi connectivity index (χ0v) is 19.1. The number of likely N-dealkylation sites (N-methyl/N-ethyl adjacent to an activating group) is 2. The van der Waals surface area contributed by atoms with Crippen LogP contribution in [0.15, 0.2) is 42.6 Å². The van der Waals surface area contributed by atoms with Gasteiger partial charge in [-0.3, -0.25) is 19.7 Å². The predicted octanol–water partition coefficient (Wildman–Crippen LogP) is 3.61. The van der Waals surface area contributed by atoms with E-state index in [0.717, 1.165) is 17.2 Å². The molecule has 33 heavy (non-hydrogen) atoms. The van der Waals surface area contributed by atoms with E-state index < -0.39 is 10.7 Å². The van der Waals surface area contributed by atoms with Crippen molar-refractivity contribution in [3.05, 3.63) is 75.2 Å².